The number of hydrogen-bond acceptors (Lipinski definition) is 5. The lowest BCUT2D eigenvalue weighted by molar-refractivity contribution is -0.133. The predicted molar refractivity (Wildman–Crippen MR) is 123 cm³/mol. The first-order valence-corrected chi connectivity index (χ1v) is 11.7. The van der Waals surface area contributed by atoms with E-state index >= 15 is 0 Å². The van der Waals surface area contributed by atoms with Crippen LogP contribution in [-0.2, 0) is 16.1 Å². The van der Waals surface area contributed by atoms with E-state index in [1.54, 1.807) is 0 Å². The number of aryl methyl sites for hydroxylation is 1. The van der Waals surface area contributed by atoms with Gasteiger partial charge in [0.15, 0.2) is 10.6 Å². The average molecular weight is 444 g/mol. The van der Waals surface area contributed by atoms with Crippen LogP contribution in [0.15, 0.2) is 24.3 Å². The Kier molecular flexibility index (Phi) is 6.89. The highest BCUT2D eigenvalue weighted by Crippen LogP contribution is 2.23. The Morgan fingerprint density at radius 1 is 1.23 bits per heavy atom. The predicted octanol–water partition coefficient (Wildman–Crippen LogP) is 3.41. The van der Waals surface area contributed by atoms with Crippen molar-refractivity contribution in [2.24, 2.45) is 0 Å². The molecule has 3 unspecified atom stereocenters. The fourth-order valence-electron chi connectivity index (χ4n) is 4.88. The summed E-state index contributed by atoms with van der Waals surface area (Å²) in [4.78, 5) is 17.7. The third kappa shape index (κ3) is 5.25. The molecule has 1 aromatic heterocycles. The third-order valence-electron chi connectivity index (χ3n) is 6.28. The highest BCUT2D eigenvalue weighted by Gasteiger charge is 2.32. The van der Waals surface area contributed by atoms with Crippen LogP contribution in [0.4, 0.5) is 0 Å². The molecule has 0 saturated carbocycles. The third-order valence-corrected chi connectivity index (χ3v) is 6.59. The van der Waals surface area contributed by atoms with E-state index < -0.39 is 0 Å². The summed E-state index contributed by atoms with van der Waals surface area (Å²) in [5, 5.41) is 7.29. The standard InChI is InChI=1S/C23H33N5O2S/c1-16-6-8-19(9-7-16)22-24-25-23(31)28(22)12-10-21(29)27-11-4-5-20(27)15-26-13-17(2)30-18(3)14-26/h6-9,17-18,20H,4-5,10-15H2,1-3H3,(H,25,31). The van der Waals surface area contributed by atoms with Crippen LogP contribution in [0.2, 0.25) is 0 Å². The van der Waals surface area contributed by atoms with Gasteiger partial charge < -0.3 is 9.64 Å². The van der Waals surface area contributed by atoms with Gasteiger partial charge in [0, 0.05) is 50.7 Å². The summed E-state index contributed by atoms with van der Waals surface area (Å²) in [7, 11) is 0. The van der Waals surface area contributed by atoms with Gasteiger partial charge in [-0.25, -0.2) is 0 Å². The Balaban J connectivity index is 1.39. The van der Waals surface area contributed by atoms with Crippen molar-refractivity contribution in [2.45, 2.75) is 64.8 Å². The molecule has 1 amide bonds. The monoisotopic (exact) mass is 443 g/mol. The molecular formula is C23H33N5O2S. The molecule has 2 aliphatic rings. The maximum Gasteiger partial charge on any atom is 0.224 e. The van der Waals surface area contributed by atoms with Crippen molar-refractivity contribution in [3.63, 3.8) is 0 Å². The van der Waals surface area contributed by atoms with Gasteiger partial charge in [-0.05, 0) is 45.8 Å². The van der Waals surface area contributed by atoms with E-state index in [9.17, 15) is 4.79 Å². The number of nitrogens with one attached hydrogen (secondary N) is 1. The second-order valence-corrected chi connectivity index (χ2v) is 9.37. The minimum atomic E-state index is 0.204. The van der Waals surface area contributed by atoms with Crippen LogP contribution in [0, 0.1) is 11.7 Å². The normalized spacial score (nSPS) is 24.6. The number of ether oxygens (including phenoxy) is 1. The van der Waals surface area contributed by atoms with Gasteiger partial charge in [-0.15, -0.1) is 0 Å². The number of rotatable bonds is 6. The zero-order valence-electron chi connectivity index (χ0n) is 18.7. The Morgan fingerprint density at radius 2 is 1.94 bits per heavy atom. The first-order valence-electron chi connectivity index (χ1n) is 11.3. The maximum absolute atomic E-state index is 13.1. The molecule has 0 aliphatic carbocycles. The van der Waals surface area contributed by atoms with Crippen molar-refractivity contribution in [1.29, 1.82) is 0 Å². The van der Waals surface area contributed by atoms with E-state index in [1.807, 2.05) is 16.7 Å². The molecule has 2 aliphatic heterocycles. The average Bonchev–Trinajstić information content (AvgIpc) is 3.32. The minimum Gasteiger partial charge on any atom is -0.373 e. The van der Waals surface area contributed by atoms with Gasteiger partial charge in [-0.1, -0.05) is 29.8 Å². The number of nitrogens with zero attached hydrogens (tertiary/aromatic N) is 4. The molecule has 3 heterocycles. The number of carbonyl (C=O) groups excluding carboxylic acids is 1. The van der Waals surface area contributed by atoms with Gasteiger partial charge in [0.25, 0.3) is 0 Å². The van der Waals surface area contributed by atoms with Crippen LogP contribution >= 0.6 is 12.2 Å². The number of aromatic amines is 1. The highest BCUT2D eigenvalue weighted by molar-refractivity contribution is 7.71. The Labute approximate surface area is 189 Å². The van der Waals surface area contributed by atoms with Crippen LogP contribution in [0.25, 0.3) is 11.4 Å². The Hall–Kier alpha value is -2.03. The van der Waals surface area contributed by atoms with Crippen LogP contribution in [0.3, 0.4) is 0 Å². The van der Waals surface area contributed by atoms with Gasteiger partial charge in [0.1, 0.15) is 0 Å². The molecule has 168 valence electrons. The lowest BCUT2D eigenvalue weighted by atomic mass is 10.1. The SMILES string of the molecule is Cc1ccc(-c2n[nH]c(=S)n2CCC(=O)N2CCCC2CN2CC(C)OC(C)C2)cc1. The summed E-state index contributed by atoms with van der Waals surface area (Å²) >= 11 is 5.44. The molecule has 1 N–H and O–H groups in total. The van der Waals surface area contributed by atoms with Gasteiger partial charge in [-0.2, -0.15) is 5.10 Å². The van der Waals surface area contributed by atoms with E-state index in [1.165, 1.54) is 5.56 Å². The number of aromatic nitrogens is 3. The molecule has 4 rings (SSSR count). The van der Waals surface area contributed by atoms with Gasteiger partial charge in [-0.3, -0.25) is 19.4 Å². The number of amides is 1. The molecule has 2 saturated heterocycles. The van der Waals surface area contributed by atoms with Crippen LogP contribution < -0.4 is 0 Å². The molecule has 0 bridgehead atoms. The number of hydrogen-bond donors (Lipinski definition) is 1. The van der Waals surface area contributed by atoms with Crippen molar-refractivity contribution < 1.29 is 9.53 Å². The summed E-state index contributed by atoms with van der Waals surface area (Å²) < 4.78 is 8.35. The number of likely N-dealkylation sites (tertiary alicyclic amines) is 1. The summed E-state index contributed by atoms with van der Waals surface area (Å²) in [6.45, 7) is 10.5. The van der Waals surface area contributed by atoms with Crippen molar-refractivity contribution in [1.82, 2.24) is 24.6 Å². The number of morpholine rings is 1. The molecule has 8 heteroatoms. The first kappa shape index (κ1) is 22.2. The van der Waals surface area contributed by atoms with E-state index in [0.717, 1.165) is 50.4 Å². The second kappa shape index (κ2) is 9.63. The fraction of sp³-hybridized carbons (Fsp3) is 0.609. The second-order valence-electron chi connectivity index (χ2n) is 8.98. The quantitative estimate of drug-likeness (QED) is 0.693. The number of carbonyl (C=O) groups is 1. The molecule has 2 fully saturated rings. The lowest BCUT2D eigenvalue weighted by Gasteiger charge is -2.38. The molecule has 0 spiro atoms. The number of benzene rings is 1. The smallest absolute Gasteiger partial charge is 0.224 e. The van der Waals surface area contributed by atoms with Gasteiger partial charge >= 0.3 is 0 Å². The Bertz CT molecular complexity index is 944. The maximum atomic E-state index is 13.1. The molecule has 2 aromatic rings. The summed E-state index contributed by atoms with van der Waals surface area (Å²) in [6, 6.07) is 8.49. The summed E-state index contributed by atoms with van der Waals surface area (Å²) in [6.07, 6.45) is 3.08. The van der Waals surface area contributed by atoms with Gasteiger partial charge in [0.05, 0.1) is 12.2 Å². The number of H-pyrrole nitrogens is 1. The van der Waals surface area contributed by atoms with E-state index in [4.69, 9.17) is 17.0 Å². The van der Waals surface area contributed by atoms with Crippen molar-refractivity contribution in [2.75, 3.05) is 26.2 Å². The lowest BCUT2D eigenvalue weighted by Crippen LogP contribution is -2.51. The minimum absolute atomic E-state index is 0.204. The first-order chi connectivity index (χ1) is 14.9. The van der Waals surface area contributed by atoms with Crippen LogP contribution in [0.1, 0.15) is 38.7 Å². The summed E-state index contributed by atoms with van der Waals surface area (Å²) in [5.41, 5.74) is 2.20. The molecule has 7 nitrogen and oxygen atoms in total. The van der Waals surface area contributed by atoms with Crippen molar-refractivity contribution in [3.8, 4) is 11.4 Å². The topological polar surface area (TPSA) is 66.4 Å². The molecule has 31 heavy (non-hydrogen) atoms. The Morgan fingerprint density at radius 3 is 2.65 bits per heavy atom. The molecule has 1 aromatic carbocycles. The van der Waals surface area contributed by atoms with Gasteiger partial charge in [0.2, 0.25) is 5.91 Å². The molecule has 3 atom stereocenters. The van der Waals surface area contributed by atoms with Crippen LogP contribution in [0.5, 0.6) is 0 Å². The van der Waals surface area contributed by atoms with Crippen molar-refractivity contribution >= 4 is 18.1 Å². The highest BCUT2D eigenvalue weighted by atomic mass is 32.1. The molecular weight excluding hydrogens is 410 g/mol. The zero-order chi connectivity index (χ0) is 22.0. The van der Waals surface area contributed by atoms with E-state index in [2.05, 4.69) is 52.9 Å². The zero-order valence-corrected chi connectivity index (χ0v) is 19.5. The van der Waals surface area contributed by atoms with Crippen LogP contribution in [-0.4, -0.2) is 74.9 Å². The van der Waals surface area contributed by atoms with Crippen molar-refractivity contribution in [3.05, 3.63) is 34.6 Å². The summed E-state index contributed by atoms with van der Waals surface area (Å²) in [5.74, 6) is 0.988. The largest absolute Gasteiger partial charge is 0.373 e. The van der Waals surface area contributed by atoms with E-state index in [-0.39, 0.29) is 18.1 Å². The molecule has 0 radical (unpaired) electrons. The van der Waals surface area contributed by atoms with E-state index in [0.29, 0.717) is 23.8 Å². The fourth-order valence-corrected chi connectivity index (χ4v) is 5.11.